The number of pyridine rings is 1. The summed E-state index contributed by atoms with van der Waals surface area (Å²) in [4.78, 5) is 26.7. The highest BCUT2D eigenvalue weighted by molar-refractivity contribution is 5.95. The predicted molar refractivity (Wildman–Crippen MR) is 89.9 cm³/mol. The van der Waals surface area contributed by atoms with Crippen LogP contribution in [0.15, 0.2) is 65.8 Å². The van der Waals surface area contributed by atoms with Crippen molar-refractivity contribution in [2.45, 2.75) is 0 Å². The van der Waals surface area contributed by atoms with Gasteiger partial charge >= 0.3 is 0 Å². The number of nitrogens with one attached hydrogen (secondary N) is 1. The Bertz CT molecular complexity index is 953. The Hall–Kier alpha value is -3.61. The molecule has 0 spiro atoms. The number of nitro groups is 1. The van der Waals surface area contributed by atoms with Gasteiger partial charge in [0, 0.05) is 11.5 Å². The molecule has 3 rings (SSSR count). The Labute approximate surface area is 136 Å². The van der Waals surface area contributed by atoms with Crippen molar-refractivity contribution in [2.75, 3.05) is 0 Å². The van der Waals surface area contributed by atoms with E-state index in [1.807, 2.05) is 24.3 Å². The number of aromatic nitrogens is 1. The number of nitro benzene ring substituents is 1. The number of benzene rings is 2. The molecule has 24 heavy (non-hydrogen) atoms. The van der Waals surface area contributed by atoms with Crippen LogP contribution in [0.3, 0.4) is 0 Å². The normalized spacial score (nSPS) is 10.8. The topological polar surface area (TPSA) is 97.5 Å². The number of hydrogen-bond acceptors (Lipinski definition) is 5. The molecule has 0 aliphatic carbocycles. The SMILES string of the molecule is O=C(N/N=C\c1ccccc1[N+](=O)[O-])c1ccc2ccccc2n1. The molecule has 118 valence electrons. The highest BCUT2D eigenvalue weighted by Gasteiger charge is 2.11. The van der Waals surface area contributed by atoms with E-state index in [4.69, 9.17) is 0 Å². The molecule has 0 radical (unpaired) electrons. The van der Waals surface area contributed by atoms with E-state index in [1.54, 1.807) is 30.3 Å². The molecule has 0 aliphatic rings. The van der Waals surface area contributed by atoms with Gasteiger partial charge in [0.1, 0.15) is 5.69 Å². The molecule has 1 aromatic heterocycles. The molecule has 0 saturated carbocycles. The molecule has 1 N–H and O–H groups in total. The van der Waals surface area contributed by atoms with Crippen molar-refractivity contribution in [1.82, 2.24) is 10.4 Å². The van der Waals surface area contributed by atoms with Crippen LogP contribution in [0.4, 0.5) is 5.69 Å². The number of nitrogens with zero attached hydrogens (tertiary/aromatic N) is 3. The van der Waals surface area contributed by atoms with Gasteiger partial charge in [-0.2, -0.15) is 5.10 Å². The van der Waals surface area contributed by atoms with Crippen molar-refractivity contribution in [3.8, 4) is 0 Å². The molecule has 3 aromatic rings. The van der Waals surface area contributed by atoms with Crippen molar-refractivity contribution >= 4 is 28.7 Å². The van der Waals surface area contributed by atoms with E-state index in [1.165, 1.54) is 12.3 Å². The van der Waals surface area contributed by atoms with E-state index >= 15 is 0 Å². The largest absolute Gasteiger partial charge is 0.289 e. The fraction of sp³-hybridized carbons (Fsp3) is 0. The van der Waals surface area contributed by atoms with Gasteiger partial charge < -0.3 is 0 Å². The summed E-state index contributed by atoms with van der Waals surface area (Å²) in [5.41, 5.74) is 3.46. The first kappa shape index (κ1) is 15.3. The lowest BCUT2D eigenvalue weighted by Crippen LogP contribution is -2.19. The lowest BCUT2D eigenvalue weighted by molar-refractivity contribution is -0.385. The van der Waals surface area contributed by atoms with E-state index in [0.29, 0.717) is 11.1 Å². The lowest BCUT2D eigenvalue weighted by Gasteiger charge is -2.01. The van der Waals surface area contributed by atoms with E-state index in [9.17, 15) is 14.9 Å². The van der Waals surface area contributed by atoms with Crippen LogP contribution in [0.1, 0.15) is 16.1 Å². The van der Waals surface area contributed by atoms with Crippen molar-refractivity contribution in [3.63, 3.8) is 0 Å². The maximum Gasteiger partial charge on any atom is 0.289 e. The monoisotopic (exact) mass is 320 g/mol. The van der Waals surface area contributed by atoms with Gasteiger partial charge in [-0.05, 0) is 18.2 Å². The maximum absolute atomic E-state index is 12.1. The fourth-order valence-corrected chi connectivity index (χ4v) is 2.17. The molecule has 2 aromatic carbocycles. The standard InChI is InChI=1S/C17H12N4O3/c22-17(15-10-9-12-5-1-3-7-14(12)19-15)20-18-11-13-6-2-4-8-16(13)21(23)24/h1-11H,(H,20,22)/b18-11-. The van der Waals surface area contributed by atoms with Gasteiger partial charge in [-0.1, -0.05) is 36.4 Å². The van der Waals surface area contributed by atoms with Gasteiger partial charge in [0.25, 0.3) is 11.6 Å². The Balaban J connectivity index is 1.76. The molecule has 1 heterocycles. The Kier molecular flexibility index (Phi) is 4.24. The third-order valence-electron chi connectivity index (χ3n) is 3.33. The van der Waals surface area contributed by atoms with Crippen LogP contribution < -0.4 is 5.43 Å². The van der Waals surface area contributed by atoms with Gasteiger partial charge in [-0.15, -0.1) is 0 Å². The summed E-state index contributed by atoms with van der Waals surface area (Å²) in [5, 5.41) is 15.6. The smallest absolute Gasteiger partial charge is 0.266 e. The third-order valence-corrected chi connectivity index (χ3v) is 3.33. The second-order valence-electron chi connectivity index (χ2n) is 4.90. The first-order valence-electron chi connectivity index (χ1n) is 7.08. The number of para-hydroxylation sites is 2. The first-order chi connectivity index (χ1) is 11.6. The summed E-state index contributed by atoms with van der Waals surface area (Å²) in [6.45, 7) is 0. The van der Waals surface area contributed by atoms with Crippen molar-refractivity contribution in [3.05, 3.63) is 82.0 Å². The first-order valence-corrected chi connectivity index (χ1v) is 7.08. The van der Waals surface area contributed by atoms with E-state index in [0.717, 1.165) is 5.39 Å². The minimum absolute atomic E-state index is 0.0840. The van der Waals surface area contributed by atoms with Crippen LogP contribution >= 0.6 is 0 Å². The number of hydrazone groups is 1. The Morgan fingerprint density at radius 1 is 1.08 bits per heavy atom. The number of carbonyl (C=O) groups excluding carboxylic acids is 1. The second kappa shape index (κ2) is 6.66. The minimum atomic E-state index is -0.506. The molecule has 7 heteroatoms. The van der Waals surface area contributed by atoms with E-state index < -0.39 is 10.8 Å². The average Bonchev–Trinajstić information content (AvgIpc) is 2.61. The summed E-state index contributed by atoms with van der Waals surface area (Å²) < 4.78 is 0. The molecule has 7 nitrogen and oxygen atoms in total. The number of amides is 1. The van der Waals surface area contributed by atoms with Crippen LogP contribution in [0.5, 0.6) is 0 Å². The number of fused-ring (bicyclic) bond motifs is 1. The molecular weight excluding hydrogens is 308 g/mol. The van der Waals surface area contributed by atoms with Gasteiger partial charge in [0.2, 0.25) is 0 Å². The van der Waals surface area contributed by atoms with Crippen LogP contribution in [0, 0.1) is 10.1 Å². The number of hydrogen-bond donors (Lipinski definition) is 1. The quantitative estimate of drug-likeness (QED) is 0.454. The molecule has 0 bridgehead atoms. The van der Waals surface area contributed by atoms with Crippen LogP contribution in [-0.4, -0.2) is 22.0 Å². The van der Waals surface area contributed by atoms with Crippen molar-refractivity contribution < 1.29 is 9.72 Å². The van der Waals surface area contributed by atoms with Crippen LogP contribution in [0.25, 0.3) is 10.9 Å². The summed E-state index contributed by atoms with van der Waals surface area (Å²) in [7, 11) is 0. The highest BCUT2D eigenvalue weighted by atomic mass is 16.6. The van der Waals surface area contributed by atoms with Gasteiger partial charge in [-0.3, -0.25) is 14.9 Å². The number of rotatable bonds is 4. The minimum Gasteiger partial charge on any atom is -0.266 e. The van der Waals surface area contributed by atoms with Gasteiger partial charge in [-0.25, -0.2) is 10.4 Å². The molecule has 0 fully saturated rings. The molecule has 1 amide bonds. The van der Waals surface area contributed by atoms with Gasteiger partial charge in [0.15, 0.2) is 0 Å². The molecule has 0 aliphatic heterocycles. The maximum atomic E-state index is 12.1. The zero-order chi connectivity index (χ0) is 16.9. The summed E-state index contributed by atoms with van der Waals surface area (Å²) in [5.74, 6) is -0.490. The second-order valence-corrected chi connectivity index (χ2v) is 4.90. The number of carbonyl (C=O) groups is 1. The highest BCUT2D eigenvalue weighted by Crippen LogP contribution is 2.15. The molecule has 0 unspecified atom stereocenters. The molecular formula is C17H12N4O3. The van der Waals surface area contributed by atoms with Crippen molar-refractivity contribution in [1.29, 1.82) is 0 Å². The van der Waals surface area contributed by atoms with E-state index in [-0.39, 0.29) is 11.4 Å². The Morgan fingerprint density at radius 3 is 2.67 bits per heavy atom. The zero-order valence-electron chi connectivity index (χ0n) is 12.4. The summed E-state index contributed by atoms with van der Waals surface area (Å²) in [6, 6.07) is 17.0. The fourth-order valence-electron chi connectivity index (χ4n) is 2.17. The summed E-state index contributed by atoms with van der Waals surface area (Å²) >= 11 is 0. The lowest BCUT2D eigenvalue weighted by atomic mass is 10.2. The Morgan fingerprint density at radius 2 is 1.83 bits per heavy atom. The predicted octanol–water partition coefficient (Wildman–Crippen LogP) is 2.91. The molecule has 0 atom stereocenters. The summed E-state index contributed by atoms with van der Waals surface area (Å²) in [6.07, 6.45) is 1.23. The molecule has 0 saturated heterocycles. The van der Waals surface area contributed by atoms with E-state index in [2.05, 4.69) is 15.5 Å². The third kappa shape index (κ3) is 3.25. The van der Waals surface area contributed by atoms with Crippen LogP contribution in [0.2, 0.25) is 0 Å². The van der Waals surface area contributed by atoms with Crippen molar-refractivity contribution in [2.24, 2.45) is 5.10 Å². The zero-order valence-corrected chi connectivity index (χ0v) is 12.4. The van der Waals surface area contributed by atoms with Crippen LogP contribution in [-0.2, 0) is 0 Å². The average molecular weight is 320 g/mol. The van der Waals surface area contributed by atoms with Gasteiger partial charge in [0.05, 0.1) is 22.2 Å².